The van der Waals surface area contributed by atoms with Crippen molar-refractivity contribution in [1.82, 2.24) is 9.97 Å². The molecule has 0 saturated carbocycles. The Hall–Kier alpha value is -2.54. The first-order valence-electron chi connectivity index (χ1n) is 9.67. The Balaban J connectivity index is 1.85. The van der Waals surface area contributed by atoms with E-state index in [0.717, 1.165) is 42.5 Å². The van der Waals surface area contributed by atoms with Gasteiger partial charge in [-0.3, -0.25) is 0 Å². The average molecular weight is 386 g/mol. The van der Waals surface area contributed by atoms with Crippen molar-refractivity contribution in [2.24, 2.45) is 5.92 Å². The zero-order valence-corrected chi connectivity index (χ0v) is 17.3. The maximum absolute atomic E-state index is 9.60. The molecule has 7 nitrogen and oxygen atoms in total. The van der Waals surface area contributed by atoms with Crippen molar-refractivity contribution in [2.45, 2.75) is 39.8 Å². The quantitative estimate of drug-likeness (QED) is 0.757. The van der Waals surface area contributed by atoms with Crippen LogP contribution in [0.5, 0.6) is 11.5 Å². The molecule has 152 valence electrons. The number of aliphatic hydroxyl groups is 1. The van der Waals surface area contributed by atoms with Gasteiger partial charge in [-0.25, -0.2) is 4.98 Å². The fourth-order valence-corrected chi connectivity index (χ4v) is 3.45. The van der Waals surface area contributed by atoms with Gasteiger partial charge in [-0.1, -0.05) is 13.8 Å². The van der Waals surface area contributed by atoms with Gasteiger partial charge in [0.25, 0.3) is 0 Å². The summed E-state index contributed by atoms with van der Waals surface area (Å²) in [5.41, 5.74) is 3.38. The number of nitrogens with zero attached hydrogens (tertiary/aromatic N) is 3. The molecule has 1 aliphatic rings. The van der Waals surface area contributed by atoms with E-state index in [-0.39, 0.29) is 18.6 Å². The number of hydrogen-bond acceptors (Lipinski definition) is 7. The van der Waals surface area contributed by atoms with Gasteiger partial charge in [0, 0.05) is 24.8 Å². The van der Waals surface area contributed by atoms with E-state index >= 15 is 0 Å². The fourth-order valence-electron chi connectivity index (χ4n) is 3.45. The summed E-state index contributed by atoms with van der Waals surface area (Å²) in [5, 5.41) is 12.9. The number of aromatic nitrogens is 2. The first kappa shape index (κ1) is 20.2. The summed E-state index contributed by atoms with van der Waals surface area (Å²) in [4.78, 5) is 11.5. The van der Waals surface area contributed by atoms with Gasteiger partial charge >= 0.3 is 0 Å². The maximum Gasteiger partial charge on any atom is 0.225 e. The molecule has 0 aliphatic carbocycles. The van der Waals surface area contributed by atoms with Crippen LogP contribution >= 0.6 is 0 Å². The molecule has 0 unspecified atom stereocenters. The topological polar surface area (TPSA) is 79.7 Å². The van der Waals surface area contributed by atoms with Crippen LogP contribution in [-0.4, -0.2) is 48.5 Å². The molecular weight excluding hydrogens is 356 g/mol. The number of aryl methyl sites for hydroxylation is 1. The minimum absolute atomic E-state index is 0.0447. The minimum atomic E-state index is -0.0755. The zero-order chi connectivity index (χ0) is 20.3. The smallest absolute Gasteiger partial charge is 0.225 e. The van der Waals surface area contributed by atoms with Crippen molar-refractivity contribution < 1.29 is 14.6 Å². The number of methoxy groups -OCH3 is 2. The highest BCUT2D eigenvalue weighted by molar-refractivity contribution is 5.53. The number of nitrogens with one attached hydrogen (secondary N) is 1. The predicted molar refractivity (Wildman–Crippen MR) is 110 cm³/mol. The Morgan fingerprint density at radius 1 is 1.11 bits per heavy atom. The molecule has 1 aromatic heterocycles. The molecule has 0 radical (unpaired) electrons. The number of ether oxygens (including phenoxy) is 2. The lowest BCUT2D eigenvalue weighted by atomic mass is 9.99. The highest BCUT2D eigenvalue weighted by Gasteiger charge is 2.22. The summed E-state index contributed by atoms with van der Waals surface area (Å²) in [6, 6.07) is 6.04. The Kier molecular flexibility index (Phi) is 6.24. The van der Waals surface area contributed by atoms with Crippen LogP contribution in [-0.2, 0) is 13.0 Å². The standard InChI is InChI=1S/C21H30N4O3/c1-13(2)17(12-26)23-21-22-14(3)8-20(24-21)25-7-6-15-9-18(27-4)19(28-5)10-16(15)11-25/h8-10,13,17,26H,6-7,11-12H2,1-5H3,(H,22,23,24)/t17-/m0/s1. The molecule has 2 aromatic rings. The van der Waals surface area contributed by atoms with Gasteiger partial charge in [-0.05, 0) is 42.5 Å². The number of anilines is 2. The Morgan fingerprint density at radius 3 is 2.39 bits per heavy atom. The number of fused-ring (bicyclic) bond motifs is 1. The molecule has 1 atom stereocenters. The summed E-state index contributed by atoms with van der Waals surface area (Å²) in [7, 11) is 3.32. The van der Waals surface area contributed by atoms with Crippen molar-refractivity contribution in [1.29, 1.82) is 0 Å². The molecule has 0 spiro atoms. The summed E-state index contributed by atoms with van der Waals surface area (Å²) < 4.78 is 10.9. The van der Waals surface area contributed by atoms with E-state index < -0.39 is 0 Å². The van der Waals surface area contributed by atoms with Crippen LogP contribution in [0.2, 0.25) is 0 Å². The second kappa shape index (κ2) is 8.65. The molecule has 0 bridgehead atoms. The molecule has 1 aromatic carbocycles. The van der Waals surface area contributed by atoms with Crippen molar-refractivity contribution in [3.63, 3.8) is 0 Å². The molecule has 28 heavy (non-hydrogen) atoms. The lowest BCUT2D eigenvalue weighted by Crippen LogP contribution is -2.33. The number of hydrogen-bond donors (Lipinski definition) is 2. The van der Waals surface area contributed by atoms with E-state index in [4.69, 9.17) is 14.5 Å². The van der Waals surface area contributed by atoms with Gasteiger partial charge in [0.1, 0.15) is 5.82 Å². The van der Waals surface area contributed by atoms with Crippen molar-refractivity contribution in [3.8, 4) is 11.5 Å². The normalized spacial score (nSPS) is 14.6. The van der Waals surface area contributed by atoms with Crippen LogP contribution in [0.4, 0.5) is 11.8 Å². The number of benzene rings is 1. The second-order valence-corrected chi connectivity index (χ2v) is 7.52. The van der Waals surface area contributed by atoms with Crippen molar-refractivity contribution in [2.75, 3.05) is 37.6 Å². The summed E-state index contributed by atoms with van der Waals surface area (Å²) in [6.45, 7) is 7.75. The molecule has 2 heterocycles. The van der Waals surface area contributed by atoms with Gasteiger partial charge in [-0.15, -0.1) is 0 Å². The van der Waals surface area contributed by atoms with Gasteiger partial charge in [0.15, 0.2) is 11.5 Å². The Morgan fingerprint density at radius 2 is 1.79 bits per heavy atom. The highest BCUT2D eigenvalue weighted by atomic mass is 16.5. The molecule has 0 amide bonds. The van der Waals surface area contributed by atoms with E-state index in [1.165, 1.54) is 11.1 Å². The molecule has 7 heteroatoms. The highest BCUT2D eigenvalue weighted by Crippen LogP contribution is 2.34. The number of rotatable bonds is 7. The van der Waals surface area contributed by atoms with Crippen LogP contribution in [0.3, 0.4) is 0 Å². The van der Waals surface area contributed by atoms with Crippen LogP contribution in [0.25, 0.3) is 0 Å². The van der Waals surface area contributed by atoms with Crippen LogP contribution in [0, 0.1) is 12.8 Å². The monoisotopic (exact) mass is 386 g/mol. The van der Waals surface area contributed by atoms with E-state index in [0.29, 0.717) is 5.95 Å². The number of aliphatic hydroxyl groups excluding tert-OH is 1. The molecular formula is C21H30N4O3. The third kappa shape index (κ3) is 4.30. The first-order valence-corrected chi connectivity index (χ1v) is 9.67. The molecule has 1 aliphatic heterocycles. The minimum Gasteiger partial charge on any atom is -0.493 e. The van der Waals surface area contributed by atoms with Crippen LogP contribution in [0.1, 0.15) is 30.7 Å². The molecule has 0 fully saturated rings. The Bertz CT molecular complexity index is 826. The SMILES string of the molecule is COc1cc2c(cc1OC)CN(c1cc(C)nc(N[C@@H](CO)C(C)C)n1)CC2. The van der Waals surface area contributed by atoms with E-state index in [9.17, 15) is 5.11 Å². The molecule has 3 rings (SSSR count). The molecule has 0 saturated heterocycles. The van der Waals surface area contributed by atoms with Gasteiger partial charge in [0.2, 0.25) is 5.95 Å². The van der Waals surface area contributed by atoms with Gasteiger partial charge in [-0.2, -0.15) is 4.98 Å². The van der Waals surface area contributed by atoms with Gasteiger partial charge < -0.3 is 24.8 Å². The third-order valence-corrected chi connectivity index (χ3v) is 5.20. The largest absolute Gasteiger partial charge is 0.493 e. The first-order chi connectivity index (χ1) is 13.4. The van der Waals surface area contributed by atoms with Crippen LogP contribution < -0.4 is 19.7 Å². The summed E-state index contributed by atoms with van der Waals surface area (Å²) in [6.07, 6.45) is 0.909. The summed E-state index contributed by atoms with van der Waals surface area (Å²) >= 11 is 0. The predicted octanol–water partition coefficient (Wildman–Crippen LogP) is 2.79. The van der Waals surface area contributed by atoms with Crippen molar-refractivity contribution in [3.05, 3.63) is 35.0 Å². The van der Waals surface area contributed by atoms with Gasteiger partial charge in [0.05, 0.1) is 26.9 Å². The zero-order valence-electron chi connectivity index (χ0n) is 17.3. The van der Waals surface area contributed by atoms with E-state index in [2.05, 4.69) is 35.1 Å². The summed E-state index contributed by atoms with van der Waals surface area (Å²) in [5.74, 6) is 3.23. The maximum atomic E-state index is 9.60. The third-order valence-electron chi connectivity index (χ3n) is 5.20. The fraction of sp³-hybridized carbons (Fsp3) is 0.524. The molecule has 2 N–H and O–H groups in total. The van der Waals surface area contributed by atoms with E-state index in [1.54, 1.807) is 14.2 Å². The van der Waals surface area contributed by atoms with Crippen molar-refractivity contribution >= 4 is 11.8 Å². The van der Waals surface area contributed by atoms with Crippen LogP contribution in [0.15, 0.2) is 18.2 Å². The average Bonchev–Trinajstić information content (AvgIpc) is 2.69. The second-order valence-electron chi connectivity index (χ2n) is 7.52. The lowest BCUT2D eigenvalue weighted by Gasteiger charge is -2.31. The van der Waals surface area contributed by atoms with E-state index in [1.807, 2.05) is 19.1 Å². The lowest BCUT2D eigenvalue weighted by molar-refractivity contribution is 0.248. The Labute approximate surface area is 166 Å².